The van der Waals surface area contributed by atoms with Crippen LogP contribution in [0.4, 0.5) is 0 Å². The van der Waals surface area contributed by atoms with E-state index in [9.17, 15) is 4.79 Å². The number of amides is 1. The predicted octanol–water partition coefficient (Wildman–Crippen LogP) is 4.52. The number of hydrogen-bond donors (Lipinski definition) is 1. The third-order valence-electron chi connectivity index (χ3n) is 6.11. The highest BCUT2D eigenvalue weighted by Crippen LogP contribution is 2.65. The van der Waals surface area contributed by atoms with Crippen LogP contribution in [-0.2, 0) is 4.79 Å². The highest BCUT2D eigenvalue weighted by atomic mass is 79.9. The third kappa shape index (κ3) is 3.04. The lowest BCUT2D eigenvalue weighted by Gasteiger charge is -2.60. The second-order valence-electron chi connectivity index (χ2n) is 9.01. The quantitative estimate of drug-likeness (QED) is 0.721. The molecule has 120 valence electrons. The van der Waals surface area contributed by atoms with E-state index in [0.717, 1.165) is 42.8 Å². The molecular formula is C18H30BrNO. The van der Waals surface area contributed by atoms with Gasteiger partial charge in [-0.1, -0.05) is 36.7 Å². The van der Waals surface area contributed by atoms with Crippen LogP contribution in [0.3, 0.4) is 0 Å². The number of halogens is 1. The molecule has 3 unspecified atom stereocenters. The summed E-state index contributed by atoms with van der Waals surface area (Å²) in [6.07, 6.45) is 8.63. The molecule has 3 atom stereocenters. The smallest absolute Gasteiger partial charge is 0.226 e. The minimum Gasteiger partial charge on any atom is -0.352 e. The Kier molecular flexibility index (Phi) is 4.18. The molecule has 4 rings (SSSR count). The summed E-state index contributed by atoms with van der Waals surface area (Å²) < 4.78 is 0. The van der Waals surface area contributed by atoms with Crippen LogP contribution in [0.2, 0.25) is 0 Å². The monoisotopic (exact) mass is 355 g/mol. The second-order valence-corrected chi connectivity index (χ2v) is 9.65. The lowest BCUT2D eigenvalue weighted by atomic mass is 9.44. The van der Waals surface area contributed by atoms with Gasteiger partial charge in [-0.15, -0.1) is 0 Å². The fourth-order valence-corrected chi connectivity index (χ4v) is 6.48. The molecule has 0 saturated heterocycles. The highest BCUT2D eigenvalue weighted by molar-refractivity contribution is 9.09. The van der Waals surface area contributed by atoms with Gasteiger partial charge >= 0.3 is 0 Å². The van der Waals surface area contributed by atoms with Crippen molar-refractivity contribution in [3.63, 3.8) is 0 Å². The molecule has 4 aliphatic carbocycles. The van der Waals surface area contributed by atoms with Crippen LogP contribution >= 0.6 is 15.9 Å². The number of alkyl halides is 1. The number of rotatable bonds is 5. The van der Waals surface area contributed by atoms with Crippen LogP contribution in [-0.4, -0.2) is 17.3 Å². The van der Waals surface area contributed by atoms with E-state index in [1.54, 1.807) is 0 Å². The van der Waals surface area contributed by atoms with Crippen LogP contribution in [0, 0.1) is 28.6 Å². The van der Waals surface area contributed by atoms with Gasteiger partial charge in [0, 0.05) is 11.4 Å². The fourth-order valence-electron chi connectivity index (χ4n) is 6.05. The molecule has 4 fully saturated rings. The van der Waals surface area contributed by atoms with Crippen molar-refractivity contribution in [1.82, 2.24) is 5.32 Å². The van der Waals surface area contributed by atoms with Crippen molar-refractivity contribution >= 4 is 21.8 Å². The van der Waals surface area contributed by atoms with Crippen LogP contribution < -0.4 is 5.32 Å². The molecule has 1 amide bonds. The van der Waals surface area contributed by atoms with Crippen molar-refractivity contribution in [3.05, 3.63) is 0 Å². The summed E-state index contributed by atoms with van der Waals surface area (Å²) in [5.74, 6) is 2.62. The first-order valence-corrected chi connectivity index (χ1v) is 9.83. The van der Waals surface area contributed by atoms with E-state index in [0.29, 0.717) is 23.3 Å². The topological polar surface area (TPSA) is 29.1 Å². The molecule has 21 heavy (non-hydrogen) atoms. The average Bonchev–Trinajstić information content (AvgIpc) is 2.34. The van der Waals surface area contributed by atoms with Gasteiger partial charge in [0.2, 0.25) is 5.91 Å². The minimum atomic E-state index is -0.0315. The summed E-state index contributed by atoms with van der Waals surface area (Å²) in [5.41, 5.74) is 0.416. The summed E-state index contributed by atoms with van der Waals surface area (Å²) in [4.78, 5) is 13.1. The Labute approximate surface area is 138 Å². The summed E-state index contributed by atoms with van der Waals surface area (Å²) in [7, 11) is 0. The number of carbonyl (C=O) groups is 1. The first kappa shape index (κ1) is 15.8. The van der Waals surface area contributed by atoms with E-state index in [2.05, 4.69) is 42.0 Å². The zero-order valence-electron chi connectivity index (χ0n) is 13.8. The summed E-state index contributed by atoms with van der Waals surface area (Å²) in [6.45, 7) is 6.89. The molecule has 0 aromatic rings. The Bertz CT molecular complexity index is 405. The van der Waals surface area contributed by atoms with Crippen LogP contribution in [0.25, 0.3) is 0 Å². The van der Waals surface area contributed by atoms with E-state index in [-0.39, 0.29) is 5.41 Å². The molecule has 0 heterocycles. The van der Waals surface area contributed by atoms with E-state index in [1.807, 2.05) is 0 Å². The molecule has 3 heteroatoms. The Morgan fingerprint density at radius 3 is 2.33 bits per heavy atom. The lowest BCUT2D eigenvalue weighted by Crippen LogP contribution is -2.58. The molecule has 4 aliphatic rings. The highest BCUT2D eigenvalue weighted by Gasteiger charge is 2.58. The van der Waals surface area contributed by atoms with Gasteiger partial charge < -0.3 is 5.32 Å². The van der Waals surface area contributed by atoms with E-state index in [1.165, 1.54) is 19.3 Å². The molecule has 0 aromatic heterocycles. The molecule has 0 spiro atoms. The van der Waals surface area contributed by atoms with E-state index >= 15 is 0 Å². The summed E-state index contributed by atoms with van der Waals surface area (Å²) >= 11 is 3.58. The van der Waals surface area contributed by atoms with Gasteiger partial charge in [-0.05, 0) is 68.1 Å². The van der Waals surface area contributed by atoms with Crippen molar-refractivity contribution in [3.8, 4) is 0 Å². The van der Waals surface area contributed by atoms with E-state index < -0.39 is 0 Å². The van der Waals surface area contributed by atoms with Crippen molar-refractivity contribution < 1.29 is 4.79 Å². The SMILES string of the molecule is CC(C)CC(CBr)NC(=O)C12CC3CC(CC(C)(C3)C1)C2. The van der Waals surface area contributed by atoms with Gasteiger partial charge in [-0.25, -0.2) is 0 Å². The normalized spacial score (nSPS) is 42.3. The maximum atomic E-state index is 13.1. The first-order chi connectivity index (χ1) is 9.84. The Hall–Kier alpha value is -0.0500. The molecule has 0 radical (unpaired) electrons. The Morgan fingerprint density at radius 1 is 1.24 bits per heavy atom. The Morgan fingerprint density at radius 2 is 1.86 bits per heavy atom. The third-order valence-corrected chi connectivity index (χ3v) is 6.89. The zero-order valence-corrected chi connectivity index (χ0v) is 15.3. The second kappa shape index (κ2) is 5.54. The van der Waals surface area contributed by atoms with Gasteiger partial charge in [0.15, 0.2) is 0 Å². The summed E-state index contributed by atoms with van der Waals surface area (Å²) in [6, 6.07) is 0.290. The molecule has 2 nitrogen and oxygen atoms in total. The van der Waals surface area contributed by atoms with Gasteiger partial charge in [-0.2, -0.15) is 0 Å². The maximum absolute atomic E-state index is 13.1. The predicted molar refractivity (Wildman–Crippen MR) is 90.4 cm³/mol. The minimum absolute atomic E-state index is 0.0315. The van der Waals surface area contributed by atoms with Crippen molar-refractivity contribution in [2.45, 2.75) is 71.8 Å². The van der Waals surface area contributed by atoms with Gasteiger partial charge in [0.25, 0.3) is 0 Å². The number of carbonyl (C=O) groups excluding carboxylic acids is 1. The van der Waals surface area contributed by atoms with Crippen molar-refractivity contribution in [2.24, 2.45) is 28.6 Å². The lowest BCUT2D eigenvalue weighted by molar-refractivity contribution is -0.155. The largest absolute Gasteiger partial charge is 0.352 e. The average molecular weight is 356 g/mol. The molecule has 4 bridgehead atoms. The molecule has 0 aromatic carbocycles. The van der Waals surface area contributed by atoms with Gasteiger partial charge in [0.1, 0.15) is 0 Å². The maximum Gasteiger partial charge on any atom is 0.226 e. The van der Waals surface area contributed by atoms with Crippen molar-refractivity contribution in [1.29, 1.82) is 0 Å². The molecular weight excluding hydrogens is 326 g/mol. The van der Waals surface area contributed by atoms with Gasteiger partial charge in [-0.3, -0.25) is 4.79 Å². The molecule has 1 N–H and O–H groups in total. The number of nitrogens with one attached hydrogen (secondary N) is 1. The van der Waals surface area contributed by atoms with Gasteiger partial charge in [0.05, 0.1) is 5.41 Å². The Balaban J connectivity index is 1.72. The molecule has 0 aliphatic heterocycles. The first-order valence-electron chi connectivity index (χ1n) is 8.71. The molecule has 4 saturated carbocycles. The summed E-state index contributed by atoms with van der Waals surface area (Å²) in [5, 5.41) is 4.26. The van der Waals surface area contributed by atoms with E-state index in [4.69, 9.17) is 0 Å². The van der Waals surface area contributed by atoms with Crippen molar-refractivity contribution in [2.75, 3.05) is 5.33 Å². The zero-order chi connectivity index (χ0) is 15.3. The van der Waals surface area contributed by atoms with Crippen LogP contribution in [0.5, 0.6) is 0 Å². The fraction of sp³-hybridized carbons (Fsp3) is 0.944. The standard InChI is InChI=1S/C18H30BrNO/c1-12(2)4-15(10-19)20-16(21)18-8-13-5-14(9-18)7-17(3,6-13)11-18/h12-15H,4-11H2,1-3H3,(H,20,21). The number of hydrogen-bond acceptors (Lipinski definition) is 1. The van der Waals surface area contributed by atoms with Crippen LogP contribution in [0.15, 0.2) is 0 Å². The van der Waals surface area contributed by atoms with Crippen LogP contribution in [0.1, 0.15) is 65.7 Å².